The van der Waals surface area contributed by atoms with Crippen molar-refractivity contribution < 1.29 is 0 Å². The number of halogens is 5. The van der Waals surface area contributed by atoms with E-state index in [2.05, 4.69) is 41.2 Å². The molecule has 15 heteroatoms. The number of nitrogens with one attached hydrogen (secondary N) is 3. The van der Waals surface area contributed by atoms with Gasteiger partial charge in [0.05, 0.1) is 0 Å². The maximum atomic E-state index is 5.24. The van der Waals surface area contributed by atoms with Gasteiger partial charge in [0, 0.05) is 17.6 Å². The molecule has 0 fully saturated rings. The molecule has 0 saturated heterocycles. The maximum absolute atomic E-state index is 5.24. The first-order valence-corrected chi connectivity index (χ1v) is 10.4. The molecule has 0 atom stereocenters. The average molecular weight is 657 g/mol. The van der Waals surface area contributed by atoms with Gasteiger partial charge in [-0.2, -0.15) is 23.0 Å². The first-order chi connectivity index (χ1) is 11.2. The molecule has 0 amide bonds. The van der Waals surface area contributed by atoms with Crippen LogP contribution in [-0.4, -0.2) is 93.0 Å². The van der Waals surface area contributed by atoms with Crippen LogP contribution in [0.2, 0.25) is 0 Å². The fourth-order valence-electron chi connectivity index (χ4n) is 1.12. The normalized spacial score (nSPS) is 7.66. The van der Waals surface area contributed by atoms with Crippen molar-refractivity contribution >= 4 is 130 Å². The third kappa shape index (κ3) is 89.9. The molecule has 5 nitrogen and oxygen atoms in total. The molecule has 4 radical (unpaired) electrons. The monoisotopic (exact) mass is 655 g/mol. The Kier molecular flexibility index (Phi) is 140. The minimum absolute atomic E-state index is 0. The predicted molar refractivity (Wildman–Crippen MR) is 157 cm³/mol. The Labute approximate surface area is 243 Å². The van der Waals surface area contributed by atoms with E-state index in [1.165, 1.54) is 0 Å². The van der Waals surface area contributed by atoms with Crippen LogP contribution in [0.25, 0.3) is 0 Å². The van der Waals surface area contributed by atoms with Crippen molar-refractivity contribution in [3.05, 3.63) is 0 Å². The van der Waals surface area contributed by atoms with Crippen LogP contribution in [0.4, 0.5) is 0 Å². The van der Waals surface area contributed by atoms with Crippen molar-refractivity contribution in [3.63, 3.8) is 0 Å². The average Bonchev–Trinajstić information content (AvgIpc) is 2.58. The van der Waals surface area contributed by atoms with Crippen molar-refractivity contribution in [3.8, 4) is 0 Å². The molecule has 0 saturated carbocycles. The summed E-state index contributed by atoms with van der Waals surface area (Å²) in [5, 5.41) is 9.38. The molecule has 0 aliphatic heterocycles. The van der Waals surface area contributed by atoms with Crippen LogP contribution >= 0.6 is 62.0 Å². The minimum atomic E-state index is 0. The number of hydrogen-bond acceptors (Lipinski definition) is 9. The molecular formula is C14H40Cl5GeN5S4-4. The largest absolute Gasteiger partial charge is 0.791 e. The molecule has 0 aromatic rings. The zero-order valence-electron chi connectivity index (χ0n) is 16.7. The fraction of sp³-hybridized carbons (Fsp3) is 1.00. The van der Waals surface area contributed by atoms with Crippen LogP contribution in [0.15, 0.2) is 0 Å². The van der Waals surface area contributed by atoms with Gasteiger partial charge in [-0.1, -0.05) is 0 Å². The van der Waals surface area contributed by atoms with E-state index in [9.17, 15) is 0 Å². The minimum Gasteiger partial charge on any atom is -0.791 e. The van der Waals surface area contributed by atoms with E-state index < -0.39 is 0 Å². The molecule has 0 aromatic carbocycles. The van der Waals surface area contributed by atoms with E-state index in [-0.39, 0.29) is 79.6 Å². The zero-order valence-corrected chi connectivity index (χ0v) is 26.2. The molecule has 29 heavy (non-hydrogen) atoms. The standard InChI is InChI=1S/2C5H14N2S.C4H11NS2.5ClH.Ge/c2*6-2-1-3-7-4-5-8;6-3-1-5-2-4-7;;;;;;/h2*7-8H,1-6H2;5-7H,1-4H2;5*1H;/p-4. The summed E-state index contributed by atoms with van der Waals surface area (Å²) in [6.45, 7) is 7.28. The molecule has 0 unspecified atom stereocenters. The topological polar surface area (TPSA) is 88.1 Å². The molecule has 0 aliphatic rings. The van der Waals surface area contributed by atoms with E-state index >= 15 is 0 Å². The van der Waals surface area contributed by atoms with Crippen molar-refractivity contribution in [2.45, 2.75) is 12.8 Å². The summed E-state index contributed by atoms with van der Waals surface area (Å²) in [6.07, 6.45) is 2.10. The Balaban J connectivity index is -0.0000000268. The Morgan fingerprint density at radius 1 is 0.448 bits per heavy atom. The number of hydrogen-bond donors (Lipinski definition) is 5. The van der Waals surface area contributed by atoms with E-state index in [1.807, 2.05) is 0 Å². The van der Waals surface area contributed by atoms with Crippen LogP contribution in [0, 0.1) is 0 Å². The van der Waals surface area contributed by atoms with E-state index in [0.29, 0.717) is 0 Å². The summed E-state index contributed by atoms with van der Waals surface area (Å²) < 4.78 is 0. The predicted octanol–water partition coefficient (Wildman–Crippen LogP) is 0.341. The second-order valence-electron chi connectivity index (χ2n) is 4.35. The smallest absolute Gasteiger partial charge is 0 e. The Morgan fingerprint density at radius 2 is 0.655 bits per heavy atom. The van der Waals surface area contributed by atoms with Gasteiger partial charge < -0.3 is 77.9 Å². The SMILES string of the molecule is Cl.Cl.Cl.Cl.Cl.NCCCNCC[S-].NCCCNCC[S-].[Ge].[S-]CCNCC[S-]. The summed E-state index contributed by atoms with van der Waals surface area (Å²) >= 11 is 18.8. The van der Waals surface area contributed by atoms with E-state index in [0.717, 1.165) is 88.2 Å². The Morgan fingerprint density at radius 3 is 0.828 bits per heavy atom. The molecular weight excluding hydrogens is 616 g/mol. The van der Waals surface area contributed by atoms with Gasteiger partial charge in [0.15, 0.2) is 0 Å². The van der Waals surface area contributed by atoms with Gasteiger partial charge in [0.1, 0.15) is 0 Å². The molecule has 7 N–H and O–H groups in total. The number of nitrogens with two attached hydrogens (primary N) is 2. The third-order valence-corrected chi connectivity index (χ3v) is 3.05. The van der Waals surface area contributed by atoms with Gasteiger partial charge >= 0.3 is 0 Å². The van der Waals surface area contributed by atoms with Crippen molar-refractivity contribution in [1.82, 2.24) is 16.0 Å². The van der Waals surface area contributed by atoms with Crippen molar-refractivity contribution in [1.29, 1.82) is 0 Å². The van der Waals surface area contributed by atoms with Gasteiger partial charge in [-0.25, -0.2) is 0 Å². The van der Waals surface area contributed by atoms with E-state index in [1.54, 1.807) is 0 Å². The van der Waals surface area contributed by atoms with Gasteiger partial charge in [0.25, 0.3) is 0 Å². The van der Waals surface area contributed by atoms with Crippen molar-refractivity contribution in [2.24, 2.45) is 11.5 Å². The molecule has 0 aliphatic carbocycles. The van der Waals surface area contributed by atoms with Gasteiger partial charge in [-0.15, -0.1) is 62.0 Å². The van der Waals surface area contributed by atoms with Gasteiger partial charge in [-0.3, -0.25) is 0 Å². The first-order valence-electron chi connectivity index (χ1n) is 8.09. The quantitative estimate of drug-likeness (QED) is 0.103. The summed E-state index contributed by atoms with van der Waals surface area (Å²) in [5.74, 6) is 3.17. The van der Waals surface area contributed by atoms with Crippen LogP contribution < -0.4 is 27.4 Å². The molecule has 0 rings (SSSR count). The summed E-state index contributed by atoms with van der Waals surface area (Å²) in [7, 11) is 0. The summed E-state index contributed by atoms with van der Waals surface area (Å²) in [4.78, 5) is 0. The van der Waals surface area contributed by atoms with Crippen LogP contribution in [-0.2, 0) is 50.5 Å². The number of rotatable bonds is 14. The molecule has 0 heterocycles. The summed E-state index contributed by atoms with van der Waals surface area (Å²) in [5.41, 5.74) is 10.5. The van der Waals surface area contributed by atoms with Gasteiger partial charge in [-0.05, 0) is 65.2 Å². The third-order valence-electron chi connectivity index (χ3n) is 2.23. The van der Waals surface area contributed by atoms with Crippen LogP contribution in [0.5, 0.6) is 0 Å². The maximum Gasteiger partial charge on any atom is 0 e. The van der Waals surface area contributed by atoms with E-state index in [4.69, 9.17) is 36.7 Å². The molecule has 188 valence electrons. The zero-order chi connectivity index (χ0) is 18.0. The summed E-state index contributed by atoms with van der Waals surface area (Å²) in [6, 6.07) is 0. The second-order valence-corrected chi connectivity index (χ2v) is 5.98. The Hall–Kier alpha value is 3.19. The molecule has 0 aromatic heterocycles. The van der Waals surface area contributed by atoms with Crippen LogP contribution in [0.1, 0.15) is 12.8 Å². The first kappa shape index (κ1) is 58.2. The van der Waals surface area contributed by atoms with Gasteiger partial charge in [0.2, 0.25) is 0 Å². The molecule has 0 spiro atoms. The Bertz CT molecular complexity index is 167. The molecule has 0 bridgehead atoms. The fourth-order valence-corrected chi connectivity index (χ4v) is 1.70. The second kappa shape index (κ2) is 69.7. The van der Waals surface area contributed by atoms with Crippen molar-refractivity contribution in [2.75, 3.05) is 75.4 Å². The van der Waals surface area contributed by atoms with Crippen LogP contribution in [0.3, 0.4) is 0 Å².